The number of anilines is 1. The molecule has 3 unspecified atom stereocenters. The molecule has 1 saturated heterocycles. The van der Waals surface area contributed by atoms with Crippen LogP contribution in [0.4, 0.5) is 10.5 Å². The number of hydrogen-bond donors (Lipinski definition) is 4. The fraction of sp³-hybridized carbons (Fsp3) is 0.212. The molecular weight excluding hydrogens is 552 g/mol. The molecule has 0 bridgehead atoms. The van der Waals surface area contributed by atoms with E-state index in [1.165, 1.54) is 11.8 Å². The van der Waals surface area contributed by atoms with E-state index in [1.807, 2.05) is 72.8 Å². The van der Waals surface area contributed by atoms with Gasteiger partial charge in [-0.2, -0.15) is 0 Å². The lowest BCUT2D eigenvalue weighted by molar-refractivity contribution is -0.245. The second-order valence-electron chi connectivity index (χ2n) is 9.88. The number of hydrogen-bond acceptors (Lipinski definition) is 6. The molecule has 42 heavy (non-hydrogen) atoms. The fourth-order valence-electron chi connectivity index (χ4n) is 4.65. The molecule has 1 fully saturated rings. The molecule has 4 N–H and O–H groups in total. The van der Waals surface area contributed by atoms with Crippen molar-refractivity contribution in [1.29, 1.82) is 0 Å². The normalized spacial score (nSPS) is 18.3. The third-order valence-electron chi connectivity index (χ3n) is 6.89. The van der Waals surface area contributed by atoms with Gasteiger partial charge in [0.25, 0.3) is 0 Å². The monoisotopic (exact) mass is 584 g/mol. The van der Waals surface area contributed by atoms with Crippen molar-refractivity contribution in [2.24, 2.45) is 0 Å². The number of rotatable bonds is 10. The van der Waals surface area contributed by atoms with Crippen molar-refractivity contribution in [3.8, 4) is 0 Å². The molecule has 4 aromatic rings. The lowest BCUT2D eigenvalue weighted by Gasteiger charge is -2.36. The van der Waals surface area contributed by atoms with E-state index >= 15 is 0 Å². The van der Waals surface area contributed by atoms with E-state index in [4.69, 9.17) is 9.47 Å². The summed E-state index contributed by atoms with van der Waals surface area (Å²) in [4.78, 5) is 24.8. The summed E-state index contributed by atoms with van der Waals surface area (Å²) >= 11 is 1.45. The lowest BCUT2D eigenvalue weighted by atomic mass is 10.0. The topological polar surface area (TPSA) is 117 Å². The highest BCUT2D eigenvalue weighted by Crippen LogP contribution is 2.40. The highest BCUT2D eigenvalue weighted by Gasteiger charge is 2.32. The Hall–Kier alpha value is -4.15. The van der Waals surface area contributed by atoms with Crippen molar-refractivity contribution >= 4 is 29.4 Å². The van der Waals surface area contributed by atoms with Crippen LogP contribution in [0.5, 0.6) is 0 Å². The Kier molecular flexibility index (Phi) is 9.89. The SMILES string of the molecule is O=C(NCc1ccccc1)Nc1ccc(C2OC(CSc3ccccc3C(=O)O)CC(c3ccc(CO)cc3)O2)cc1. The minimum atomic E-state index is -0.965. The van der Waals surface area contributed by atoms with Gasteiger partial charge in [0, 0.05) is 34.9 Å². The second-order valence-corrected chi connectivity index (χ2v) is 10.9. The number of aliphatic hydroxyl groups is 1. The van der Waals surface area contributed by atoms with E-state index in [0.717, 1.165) is 22.3 Å². The smallest absolute Gasteiger partial charge is 0.336 e. The van der Waals surface area contributed by atoms with Gasteiger partial charge in [0.15, 0.2) is 6.29 Å². The summed E-state index contributed by atoms with van der Waals surface area (Å²) in [6.07, 6.45) is -0.570. The molecule has 0 saturated carbocycles. The van der Waals surface area contributed by atoms with Gasteiger partial charge >= 0.3 is 12.0 Å². The van der Waals surface area contributed by atoms with Crippen LogP contribution in [0.3, 0.4) is 0 Å². The predicted octanol–water partition coefficient (Wildman–Crippen LogP) is 6.54. The van der Waals surface area contributed by atoms with Gasteiger partial charge < -0.3 is 30.3 Å². The Morgan fingerprint density at radius 2 is 1.50 bits per heavy atom. The fourth-order valence-corrected chi connectivity index (χ4v) is 5.72. The van der Waals surface area contributed by atoms with Gasteiger partial charge in [0.05, 0.1) is 24.4 Å². The van der Waals surface area contributed by atoms with Crippen LogP contribution in [0, 0.1) is 0 Å². The number of carboxylic acids is 1. The first-order valence-corrected chi connectivity index (χ1v) is 14.6. The summed E-state index contributed by atoms with van der Waals surface area (Å²) in [5.41, 5.74) is 4.48. The van der Waals surface area contributed by atoms with Gasteiger partial charge in [0.2, 0.25) is 0 Å². The van der Waals surface area contributed by atoms with Crippen molar-refractivity contribution < 1.29 is 29.3 Å². The summed E-state index contributed by atoms with van der Waals surface area (Å²) in [7, 11) is 0. The Labute approximate surface area is 248 Å². The van der Waals surface area contributed by atoms with Crippen molar-refractivity contribution in [1.82, 2.24) is 5.32 Å². The molecule has 3 atom stereocenters. The number of aliphatic hydroxyl groups excluding tert-OH is 1. The molecule has 1 heterocycles. The average Bonchev–Trinajstić information content (AvgIpc) is 3.03. The van der Waals surface area contributed by atoms with Gasteiger partial charge in [0.1, 0.15) is 0 Å². The molecule has 0 aromatic heterocycles. The highest BCUT2D eigenvalue weighted by molar-refractivity contribution is 7.99. The minimum Gasteiger partial charge on any atom is -0.478 e. The summed E-state index contributed by atoms with van der Waals surface area (Å²) in [6, 6.07) is 31.3. The van der Waals surface area contributed by atoms with E-state index in [0.29, 0.717) is 29.3 Å². The van der Waals surface area contributed by atoms with E-state index in [9.17, 15) is 19.8 Å². The van der Waals surface area contributed by atoms with Crippen LogP contribution < -0.4 is 10.6 Å². The minimum absolute atomic E-state index is 0.0372. The van der Waals surface area contributed by atoms with Crippen molar-refractivity contribution in [2.45, 2.75) is 43.0 Å². The molecule has 2 amide bonds. The first-order valence-electron chi connectivity index (χ1n) is 13.6. The third kappa shape index (κ3) is 7.77. The van der Waals surface area contributed by atoms with Crippen molar-refractivity contribution in [3.05, 3.63) is 131 Å². The number of nitrogens with one attached hydrogen (secondary N) is 2. The summed E-state index contributed by atoms with van der Waals surface area (Å²) in [6.45, 7) is 0.385. The largest absolute Gasteiger partial charge is 0.478 e. The Morgan fingerprint density at radius 1 is 0.810 bits per heavy atom. The zero-order valence-corrected chi connectivity index (χ0v) is 23.6. The number of carboxylic acid groups (broad SMARTS) is 1. The first kappa shape index (κ1) is 29.3. The van der Waals surface area contributed by atoms with E-state index in [1.54, 1.807) is 30.3 Å². The second kappa shape index (κ2) is 14.2. The predicted molar refractivity (Wildman–Crippen MR) is 161 cm³/mol. The van der Waals surface area contributed by atoms with Gasteiger partial charge in [-0.05, 0) is 41.0 Å². The number of benzene rings is 4. The lowest BCUT2D eigenvalue weighted by Crippen LogP contribution is -2.31. The Morgan fingerprint density at radius 3 is 2.21 bits per heavy atom. The van der Waals surface area contributed by atoms with Crippen LogP contribution in [0.15, 0.2) is 108 Å². The van der Waals surface area contributed by atoms with Crippen LogP contribution in [0.25, 0.3) is 0 Å². The summed E-state index contributed by atoms with van der Waals surface area (Å²) < 4.78 is 12.8. The molecule has 0 radical (unpaired) electrons. The van der Waals surface area contributed by atoms with E-state index in [-0.39, 0.29) is 30.4 Å². The standard InChI is InChI=1S/C33H32N2O6S/c36-20-23-10-12-24(13-11-23)29-18-27(21-42-30-9-5-4-8-28(30)31(37)38)40-32(41-29)25-14-16-26(17-15-25)35-33(39)34-19-22-6-2-1-3-7-22/h1-17,27,29,32,36H,18-21H2,(H,37,38)(H2,34,35,39). The maximum absolute atomic E-state index is 12.4. The number of amides is 2. The van der Waals surface area contributed by atoms with Gasteiger partial charge in [-0.3, -0.25) is 0 Å². The number of carbonyl (C=O) groups is 2. The van der Waals surface area contributed by atoms with Crippen LogP contribution in [0.1, 0.15) is 51.4 Å². The molecule has 4 aromatic carbocycles. The zero-order valence-electron chi connectivity index (χ0n) is 22.8. The molecule has 1 aliphatic heterocycles. The van der Waals surface area contributed by atoms with Crippen molar-refractivity contribution in [2.75, 3.05) is 11.1 Å². The van der Waals surface area contributed by atoms with Crippen LogP contribution in [-0.4, -0.2) is 34.1 Å². The average molecular weight is 585 g/mol. The molecular formula is C33H32N2O6S. The van der Waals surface area contributed by atoms with Crippen LogP contribution >= 0.6 is 11.8 Å². The zero-order chi connectivity index (χ0) is 29.3. The Bertz CT molecular complexity index is 1480. The van der Waals surface area contributed by atoms with Gasteiger partial charge in [-0.1, -0.05) is 78.9 Å². The molecule has 0 spiro atoms. The maximum atomic E-state index is 12.4. The number of carbonyl (C=O) groups excluding carboxylic acids is 1. The number of ether oxygens (including phenoxy) is 2. The molecule has 9 heteroatoms. The molecule has 0 aliphatic carbocycles. The van der Waals surface area contributed by atoms with Crippen LogP contribution in [0.2, 0.25) is 0 Å². The van der Waals surface area contributed by atoms with Gasteiger partial charge in [-0.25, -0.2) is 9.59 Å². The van der Waals surface area contributed by atoms with Gasteiger partial charge in [-0.15, -0.1) is 11.8 Å². The van der Waals surface area contributed by atoms with Crippen LogP contribution in [-0.2, 0) is 22.6 Å². The maximum Gasteiger partial charge on any atom is 0.336 e. The van der Waals surface area contributed by atoms with E-state index < -0.39 is 12.3 Å². The molecule has 8 nitrogen and oxygen atoms in total. The third-order valence-corrected chi connectivity index (χ3v) is 8.10. The molecule has 5 rings (SSSR count). The number of urea groups is 1. The Balaban J connectivity index is 1.27. The molecule has 1 aliphatic rings. The summed E-state index contributed by atoms with van der Waals surface area (Å²) in [5, 5.41) is 24.7. The summed E-state index contributed by atoms with van der Waals surface area (Å²) in [5.74, 6) is -0.426. The number of thioether (sulfide) groups is 1. The molecule has 216 valence electrons. The first-order chi connectivity index (χ1) is 20.5. The highest BCUT2D eigenvalue weighted by atomic mass is 32.2. The quantitative estimate of drug-likeness (QED) is 0.157. The van der Waals surface area contributed by atoms with E-state index in [2.05, 4.69) is 10.6 Å². The number of aromatic carboxylic acids is 1. The van der Waals surface area contributed by atoms with Crippen molar-refractivity contribution in [3.63, 3.8) is 0 Å².